The van der Waals surface area contributed by atoms with E-state index in [0.29, 0.717) is 27.1 Å². The van der Waals surface area contributed by atoms with Crippen molar-refractivity contribution in [2.45, 2.75) is 13.8 Å². The number of hydrogen-bond acceptors (Lipinski definition) is 2. The van der Waals surface area contributed by atoms with Crippen LogP contribution in [0.25, 0.3) is 22.3 Å². The van der Waals surface area contributed by atoms with Crippen molar-refractivity contribution in [1.29, 1.82) is 0 Å². The van der Waals surface area contributed by atoms with Crippen molar-refractivity contribution in [3.8, 4) is 11.4 Å². The van der Waals surface area contributed by atoms with Gasteiger partial charge in [0.1, 0.15) is 11.0 Å². The second-order valence-electron chi connectivity index (χ2n) is 4.87. The van der Waals surface area contributed by atoms with Gasteiger partial charge in [-0.1, -0.05) is 29.3 Å². The van der Waals surface area contributed by atoms with Crippen LogP contribution < -0.4 is 0 Å². The molecular weight excluding hydrogens is 310 g/mol. The molecule has 0 atom stereocenters. The summed E-state index contributed by atoms with van der Waals surface area (Å²) < 4.78 is 13.5. The standard InChI is InChI=1S/C16H11Cl2FN2/c1-8-3-4-10(19)7-12(8)16-20-14-9(2)13(17)6-5-11(14)15(18)21-16/h3-7H,1-2H3. The Hall–Kier alpha value is -1.71. The lowest BCUT2D eigenvalue weighted by Crippen LogP contribution is -1.96. The normalized spacial score (nSPS) is 11.1. The second kappa shape index (κ2) is 5.24. The van der Waals surface area contributed by atoms with Crippen molar-refractivity contribution in [2.75, 3.05) is 0 Å². The molecule has 2 nitrogen and oxygen atoms in total. The van der Waals surface area contributed by atoms with Crippen molar-refractivity contribution < 1.29 is 4.39 Å². The Balaban J connectivity index is 2.34. The van der Waals surface area contributed by atoms with E-state index in [1.165, 1.54) is 12.1 Å². The molecule has 0 saturated carbocycles. The van der Waals surface area contributed by atoms with Gasteiger partial charge in [0.2, 0.25) is 0 Å². The van der Waals surface area contributed by atoms with E-state index in [1.54, 1.807) is 18.2 Å². The molecule has 1 aromatic heterocycles. The summed E-state index contributed by atoms with van der Waals surface area (Å²) in [5.74, 6) is 0.0631. The average Bonchev–Trinajstić information content (AvgIpc) is 2.45. The molecule has 2 aromatic carbocycles. The minimum absolute atomic E-state index is 0.332. The molecule has 5 heteroatoms. The molecule has 1 heterocycles. The average molecular weight is 321 g/mol. The quantitative estimate of drug-likeness (QED) is 0.564. The van der Waals surface area contributed by atoms with Gasteiger partial charge in [-0.3, -0.25) is 0 Å². The first-order valence-corrected chi connectivity index (χ1v) is 7.12. The Labute approximate surface area is 131 Å². The predicted molar refractivity (Wildman–Crippen MR) is 84.4 cm³/mol. The highest BCUT2D eigenvalue weighted by Gasteiger charge is 2.13. The molecule has 0 aliphatic rings. The summed E-state index contributed by atoms with van der Waals surface area (Å²) in [5.41, 5.74) is 3.01. The van der Waals surface area contributed by atoms with Crippen molar-refractivity contribution >= 4 is 34.1 Å². The molecule has 0 spiro atoms. The first-order chi connectivity index (χ1) is 9.97. The maximum Gasteiger partial charge on any atom is 0.161 e. The lowest BCUT2D eigenvalue weighted by Gasteiger charge is -2.09. The fourth-order valence-corrected chi connectivity index (χ4v) is 2.61. The number of aryl methyl sites for hydroxylation is 2. The largest absolute Gasteiger partial charge is 0.228 e. The van der Waals surface area contributed by atoms with Crippen molar-refractivity contribution in [3.63, 3.8) is 0 Å². The summed E-state index contributed by atoms with van der Waals surface area (Å²) >= 11 is 12.4. The molecule has 0 aliphatic heterocycles. The fraction of sp³-hybridized carbons (Fsp3) is 0.125. The first-order valence-electron chi connectivity index (χ1n) is 6.36. The zero-order chi connectivity index (χ0) is 15.1. The third kappa shape index (κ3) is 2.47. The highest BCUT2D eigenvalue weighted by molar-refractivity contribution is 6.35. The van der Waals surface area contributed by atoms with Crippen LogP contribution in [0.3, 0.4) is 0 Å². The monoisotopic (exact) mass is 320 g/mol. The molecule has 0 N–H and O–H groups in total. The highest BCUT2D eigenvalue weighted by atomic mass is 35.5. The van der Waals surface area contributed by atoms with Crippen LogP contribution in [0, 0.1) is 19.7 Å². The maximum absolute atomic E-state index is 13.5. The second-order valence-corrected chi connectivity index (χ2v) is 5.63. The number of rotatable bonds is 1. The minimum atomic E-state index is -0.335. The van der Waals surface area contributed by atoms with Gasteiger partial charge in [-0.05, 0) is 49.2 Å². The van der Waals surface area contributed by atoms with Gasteiger partial charge in [0, 0.05) is 16.0 Å². The summed E-state index contributed by atoms with van der Waals surface area (Å²) in [6.07, 6.45) is 0. The third-order valence-electron chi connectivity index (χ3n) is 3.45. The molecule has 3 rings (SSSR count). The van der Waals surface area contributed by atoms with Gasteiger partial charge in [-0.25, -0.2) is 14.4 Å². The lowest BCUT2D eigenvalue weighted by molar-refractivity contribution is 0.628. The summed E-state index contributed by atoms with van der Waals surface area (Å²) in [5, 5.41) is 1.67. The predicted octanol–water partition coefficient (Wildman–Crippen LogP) is 5.36. The van der Waals surface area contributed by atoms with Gasteiger partial charge in [-0.2, -0.15) is 0 Å². The summed E-state index contributed by atoms with van der Waals surface area (Å²) in [6, 6.07) is 8.06. The Morgan fingerprint density at radius 3 is 2.52 bits per heavy atom. The van der Waals surface area contributed by atoms with Crippen LogP contribution in [0.2, 0.25) is 10.2 Å². The van der Waals surface area contributed by atoms with Crippen LogP contribution in [-0.4, -0.2) is 9.97 Å². The van der Waals surface area contributed by atoms with Gasteiger partial charge in [0.25, 0.3) is 0 Å². The third-order valence-corrected chi connectivity index (χ3v) is 4.15. The summed E-state index contributed by atoms with van der Waals surface area (Å²) in [7, 11) is 0. The fourth-order valence-electron chi connectivity index (χ4n) is 2.23. The topological polar surface area (TPSA) is 25.8 Å². The van der Waals surface area contributed by atoms with E-state index >= 15 is 0 Å². The van der Waals surface area contributed by atoms with Gasteiger partial charge < -0.3 is 0 Å². The highest BCUT2D eigenvalue weighted by Crippen LogP contribution is 2.31. The van der Waals surface area contributed by atoms with E-state index in [9.17, 15) is 4.39 Å². The van der Waals surface area contributed by atoms with Crippen LogP contribution >= 0.6 is 23.2 Å². The van der Waals surface area contributed by atoms with Crippen LogP contribution in [0.5, 0.6) is 0 Å². The van der Waals surface area contributed by atoms with Gasteiger partial charge >= 0.3 is 0 Å². The maximum atomic E-state index is 13.5. The first kappa shape index (κ1) is 14.2. The van der Waals surface area contributed by atoms with Crippen LogP contribution in [0.1, 0.15) is 11.1 Å². The molecule has 0 saturated heterocycles. The van der Waals surface area contributed by atoms with Crippen LogP contribution in [0.4, 0.5) is 4.39 Å². The van der Waals surface area contributed by atoms with E-state index in [-0.39, 0.29) is 5.82 Å². The minimum Gasteiger partial charge on any atom is -0.228 e. The van der Waals surface area contributed by atoms with E-state index in [2.05, 4.69) is 9.97 Å². The Morgan fingerprint density at radius 2 is 1.76 bits per heavy atom. The molecule has 106 valence electrons. The molecule has 0 radical (unpaired) electrons. The summed E-state index contributed by atoms with van der Waals surface area (Å²) in [6.45, 7) is 3.75. The molecule has 0 aliphatic carbocycles. The van der Waals surface area contributed by atoms with Crippen molar-refractivity contribution in [2.24, 2.45) is 0 Å². The lowest BCUT2D eigenvalue weighted by atomic mass is 10.1. The van der Waals surface area contributed by atoms with Crippen molar-refractivity contribution in [1.82, 2.24) is 9.97 Å². The SMILES string of the molecule is Cc1ccc(F)cc1-c1nc(Cl)c2ccc(Cl)c(C)c2n1. The van der Waals surface area contributed by atoms with E-state index in [1.807, 2.05) is 13.8 Å². The molecule has 0 unspecified atom stereocenters. The molecule has 0 fully saturated rings. The number of nitrogens with zero attached hydrogens (tertiary/aromatic N) is 2. The molecule has 0 bridgehead atoms. The van der Waals surface area contributed by atoms with Gasteiger partial charge in [0.15, 0.2) is 5.82 Å². The Morgan fingerprint density at radius 1 is 1.00 bits per heavy atom. The molecule has 0 amide bonds. The zero-order valence-corrected chi connectivity index (χ0v) is 12.9. The summed E-state index contributed by atoms with van der Waals surface area (Å²) in [4.78, 5) is 8.81. The van der Waals surface area contributed by atoms with E-state index in [4.69, 9.17) is 23.2 Å². The van der Waals surface area contributed by atoms with Crippen LogP contribution in [-0.2, 0) is 0 Å². The van der Waals surface area contributed by atoms with Crippen LogP contribution in [0.15, 0.2) is 30.3 Å². The number of fused-ring (bicyclic) bond motifs is 1. The van der Waals surface area contributed by atoms with Gasteiger partial charge in [0.05, 0.1) is 5.52 Å². The smallest absolute Gasteiger partial charge is 0.161 e. The van der Waals surface area contributed by atoms with E-state index < -0.39 is 0 Å². The Bertz CT molecular complexity index is 863. The van der Waals surface area contributed by atoms with E-state index in [0.717, 1.165) is 16.5 Å². The van der Waals surface area contributed by atoms with Crippen molar-refractivity contribution in [3.05, 3.63) is 57.5 Å². The number of hydrogen-bond donors (Lipinski definition) is 0. The molecular formula is C16H11Cl2FN2. The Kier molecular flexibility index (Phi) is 3.56. The molecule has 21 heavy (non-hydrogen) atoms. The number of halogens is 3. The van der Waals surface area contributed by atoms with Gasteiger partial charge in [-0.15, -0.1) is 0 Å². The number of benzene rings is 2. The number of aromatic nitrogens is 2. The molecule has 3 aromatic rings. The zero-order valence-electron chi connectivity index (χ0n) is 11.4.